The molecule has 0 aromatic rings. The standard InChI is InChI=1S/C7H7F3O/c1-11-4-2-5(8)7(10)6(9)3-4/h2,4H,3H2,1H3. The molecule has 0 aromatic carbocycles. The molecule has 1 unspecified atom stereocenters. The maximum absolute atomic E-state index is 12.4. The van der Waals surface area contributed by atoms with Crippen molar-refractivity contribution < 1.29 is 17.9 Å². The van der Waals surface area contributed by atoms with Crippen LogP contribution in [0.4, 0.5) is 13.2 Å². The van der Waals surface area contributed by atoms with E-state index in [1.54, 1.807) is 0 Å². The largest absolute Gasteiger partial charge is 0.377 e. The Bertz CT molecular complexity index is 220. The highest BCUT2D eigenvalue weighted by Crippen LogP contribution is 2.28. The molecule has 0 saturated heterocycles. The third-order valence-electron chi connectivity index (χ3n) is 1.46. The van der Waals surface area contributed by atoms with Crippen molar-refractivity contribution in [2.45, 2.75) is 12.5 Å². The number of methoxy groups -OCH3 is 1. The molecule has 0 amide bonds. The molecule has 1 rings (SSSR count). The van der Waals surface area contributed by atoms with Crippen LogP contribution in [0.15, 0.2) is 23.6 Å². The molecule has 4 heteroatoms. The number of hydrogen-bond donors (Lipinski definition) is 0. The van der Waals surface area contributed by atoms with Crippen molar-refractivity contribution in [3.8, 4) is 0 Å². The molecular formula is C7H7F3O. The quantitative estimate of drug-likeness (QED) is 0.578. The minimum Gasteiger partial charge on any atom is -0.377 e. The van der Waals surface area contributed by atoms with Gasteiger partial charge in [0.1, 0.15) is 5.83 Å². The van der Waals surface area contributed by atoms with Crippen LogP contribution in [-0.4, -0.2) is 13.2 Å². The average molecular weight is 164 g/mol. The summed E-state index contributed by atoms with van der Waals surface area (Å²) in [5.74, 6) is -3.67. The Morgan fingerprint density at radius 2 is 2.09 bits per heavy atom. The van der Waals surface area contributed by atoms with Crippen LogP contribution >= 0.6 is 0 Å². The first-order valence-corrected chi connectivity index (χ1v) is 3.09. The molecule has 0 radical (unpaired) electrons. The summed E-state index contributed by atoms with van der Waals surface area (Å²) in [6.07, 6.45) is 0.00301. The monoisotopic (exact) mass is 164 g/mol. The summed E-state index contributed by atoms with van der Waals surface area (Å²) in [7, 11) is 1.31. The molecule has 1 atom stereocenters. The van der Waals surface area contributed by atoms with Gasteiger partial charge in [0.15, 0.2) is 11.7 Å². The Kier molecular flexibility index (Phi) is 2.34. The zero-order valence-corrected chi connectivity index (χ0v) is 5.90. The van der Waals surface area contributed by atoms with Gasteiger partial charge in [0, 0.05) is 13.5 Å². The van der Waals surface area contributed by atoms with Crippen molar-refractivity contribution in [2.75, 3.05) is 7.11 Å². The van der Waals surface area contributed by atoms with Crippen LogP contribution in [0.2, 0.25) is 0 Å². The summed E-state index contributed by atoms with van der Waals surface area (Å²) >= 11 is 0. The Hall–Kier alpha value is -0.770. The number of allylic oxidation sites excluding steroid dienone is 2. The maximum atomic E-state index is 12.4. The molecule has 0 aliphatic heterocycles. The van der Waals surface area contributed by atoms with Crippen molar-refractivity contribution in [3.63, 3.8) is 0 Å². The van der Waals surface area contributed by atoms with Gasteiger partial charge in [-0.25, -0.2) is 13.2 Å². The van der Waals surface area contributed by atoms with E-state index in [4.69, 9.17) is 0 Å². The molecule has 11 heavy (non-hydrogen) atoms. The Morgan fingerprint density at radius 1 is 1.45 bits per heavy atom. The third kappa shape index (κ3) is 1.63. The molecule has 0 spiro atoms. The van der Waals surface area contributed by atoms with Crippen LogP contribution in [0.5, 0.6) is 0 Å². The van der Waals surface area contributed by atoms with Gasteiger partial charge in [0.25, 0.3) is 0 Å². The lowest BCUT2D eigenvalue weighted by molar-refractivity contribution is 0.129. The van der Waals surface area contributed by atoms with Crippen LogP contribution in [0, 0.1) is 0 Å². The van der Waals surface area contributed by atoms with E-state index in [0.29, 0.717) is 0 Å². The van der Waals surface area contributed by atoms with Crippen molar-refractivity contribution in [1.82, 2.24) is 0 Å². The van der Waals surface area contributed by atoms with E-state index in [2.05, 4.69) is 4.74 Å². The lowest BCUT2D eigenvalue weighted by atomic mass is 10.1. The van der Waals surface area contributed by atoms with Crippen molar-refractivity contribution in [1.29, 1.82) is 0 Å². The van der Waals surface area contributed by atoms with E-state index in [1.807, 2.05) is 0 Å². The molecule has 0 fully saturated rings. The van der Waals surface area contributed by atoms with Gasteiger partial charge in [-0.2, -0.15) is 0 Å². The Labute approximate surface area is 62.2 Å². The SMILES string of the molecule is COC1C=C(F)C(F)=C(F)C1. The van der Waals surface area contributed by atoms with Crippen LogP contribution in [0.3, 0.4) is 0 Å². The number of halogens is 3. The normalized spacial score (nSPS) is 25.5. The van der Waals surface area contributed by atoms with E-state index in [0.717, 1.165) is 6.08 Å². The third-order valence-corrected chi connectivity index (χ3v) is 1.46. The van der Waals surface area contributed by atoms with E-state index < -0.39 is 23.6 Å². The summed E-state index contributed by atoms with van der Waals surface area (Å²) in [6, 6.07) is 0. The molecule has 1 nitrogen and oxygen atoms in total. The van der Waals surface area contributed by atoms with Crippen molar-refractivity contribution >= 4 is 0 Å². The zero-order chi connectivity index (χ0) is 8.43. The molecule has 0 heterocycles. The fourth-order valence-corrected chi connectivity index (χ4v) is 0.842. The second kappa shape index (κ2) is 3.09. The summed E-state index contributed by atoms with van der Waals surface area (Å²) in [5.41, 5.74) is 0. The van der Waals surface area contributed by atoms with E-state index in [-0.39, 0.29) is 6.42 Å². The van der Waals surface area contributed by atoms with Gasteiger partial charge < -0.3 is 4.74 Å². The van der Waals surface area contributed by atoms with Gasteiger partial charge >= 0.3 is 0 Å². The molecule has 0 aromatic heterocycles. The Morgan fingerprint density at radius 3 is 2.55 bits per heavy atom. The lowest BCUT2D eigenvalue weighted by Crippen LogP contribution is -2.12. The molecule has 1 aliphatic carbocycles. The molecule has 62 valence electrons. The van der Waals surface area contributed by atoms with Gasteiger partial charge in [0.2, 0.25) is 0 Å². The summed E-state index contributed by atoms with van der Waals surface area (Å²) < 4.78 is 41.7. The number of ether oxygens (including phenoxy) is 1. The van der Waals surface area contributed by atoms with Crippen LogP contribution in [-0.2, 0) is 4.74 Å². The number of rotatable bonds is 1. The Balaban J connectivity index is 2.82. The topological polar surface area (TPSA) is 9.23 Å². The fraction of sp³-hybridized carbons (Fsp3) is 0.429. The van der Waals surface area contributed by atoms with Crippen LogP contribution < -0.4 is 0 Å². The predicted molar refractivity (Wildman–Crippen MR) is 33.8 cm³/mol. The minimum atomic E-state index is -1.40. The molecule has 0 saturated carbocycles. The zero-order valence-electron chi connectivity index (χ0n) is 5.90. The second-order valence-corrected chi connectivity index (χ2v) is 2.21. The van der Waals surface area contributed by atoms with E-state index >= 15 is 0 Å². The second-order valence-electron chi connectivity index (χ2n) is 2.21. The van der Waals surface area contributed by atoms with E-state index in [1.165, 1.54) is 7.11 Å². The van der Waals surface area contributed by atoms with Gasteiger partial charge in [-0.05, 0) is 6.08 Å². The van der Waals surface area contributed by atoms with Crippen molar-refractivity contribution in [2.24, 2.45) is 0 Å². The fourth-order valence-electron chi connectivity index (χ4n) is 0.842. The van der Waals surface area contributed by atoms with Crippen LogP contribution in [0.25, 0.3) is 0 Å². The van der Waals surface area contributed by atoms with Crippen molar-refractivity contribution in [3.05, 3.63) is 23.6 Å². The first-order valence-electron chi connectivity index (χ1n) is 3.09. The summed E-state index contributed by atoms with van der Waals surface area (Å²) in [5, 5.41) is 0. The maximum Gasteiger partial charge on any atom is 0.190 e. The lowest BCUT2D eigenvalue weighted by Gasteiger charge is -2.13. The smallest absolute Gasteiger partial charge is 0.190 e. The predicted octanol–water partition coefficient (Wildman–Crippen LogP) is 2.41. The first-order chi connectivity index (χ1) is 5.15. The van der Waals surface area contributed by atoms with Gasteiger partial charge in [-0.1, -0.05) is 0 Å². The highest BCUT2D eigenvalue weighted by molar-refractivity contribution is 5.27. The summed E-state index contributed by atoms with van der Waals surface area (Å²) in [6.45, 7) is 0. The van der Waals surface area contributed by atoms with Crippen LogP contribution in [0.1, 0.15) is 6.42 Å². The molecule has 1 aliphatic rings. The first kappa shape index (κ1) is 8.33. The number of hydrogen-bond acceptors (Lipinski definition) is 1. The minimum absolute atomic E-state index is 0.226. The highest BCUT2D eigenvalue weighted by Gasteiger charge is 2.22. The van der Waals surface area contributed by atoms with Gasteiger partial charge in [0.05, 0.1) is 6.10 Å². The van der Waals surface area contributed by atoms with Gasteiger partial charge in [-0.3, -0.25) is 0 Å². The van der Waals surface area contributed by atoms with Gasteiger partial charge in [-0.15, -0.1) is 0 Å². The molecule has 0 N–H and O–H groups in total. The summed E-state index contributed by atoms with van der Waals surface area (Å²) in [4.78, 5) is 0. The molecule has 0 bridgehead atoms. The van der Waals surface area contributed by atoms with E-state index in [9.17, 15) is 13.2 Å². The molecular weight excluding hydrogens is 157 g/mol. The highest BCUT2D eigenvalue weighted by atomic mass is 19.2. The average Bonchev–Trinajstić information content (AvgIpc) is 1.99.